The molecule has 1 amide bonds. The van der Waals surface area contributed by atoms with Gasteiger partial charge in [0.25, 0.3) is 0 Å². The molecule has 1 aliphatic heterocycles. The van der Waals surface area contributed by atoms with Crippen LogP contribution in [-0.4, -0.2) is 67.8 Å². The minimum Gasteiger partial charge on any atom is -0.490 e. The molecule has 0 saturated carbocycles. The summed E-state index contributed by atoms with van der Waals surface area (Å²) in [5, 5.41) is 14.3. The zero-order valence-corrected chi connectivity index (χ0v) is 20.0. The van der Waals surface area contributed by atoms with Crippen LogP contribution in [0.4, 0.5) is 11.4 Å². The number of benzene rings is 2. The van der Waals surface area contributed by atoms with Crippen molar-refractivity contribution >= 4 is 27.3 Å². The first kappa shape index (κ1) is 24.1. The number of rotatable bonds is 7. The largest absolute Gasteiger partial charge is 0.490 e. The number of amides is 1. The summed E-state index contributed by atoms with van der Waals surface area (Å²) in [6.07, 6.45) is 3.25. The van der Waals surface area contributed by atoms with Crippen LogP contribution >= 0.6 is 0 Å². The fourth-order valence-corrected chi connectivity index (χ4v) is 5.96. The summed E-state index contributed by atoms with van der Waals surface area (Å²) in [5.41, 5.74) is 2.99. The molecule has 0 spiro atoms. The number of hydrogen-bond donors (Lipinski definition) is 1. The van der Waals surface area contributed by atoms with Crippen molar-refractivity contribution in [3.05, 3.63) is 57.6 Å². The summed E-state index contributed by atoms with van der Waals surface area (Å²) >= 11 is 0. The number of piperazine rings is 1. The highest BCUT2D eigenvalue weighted by Gasteiger charge is 2.33. The first-order chi connectivity index (χ1) is 16.2. The lowest BCUT2D eigenvalue weighted by atomic mass is 10.1. The van der Waals surface area contributed by atoms with Gasteiger partial charge in [0.15, 0.2) is 5.75 Å². The Bertz CT molecular complexity index is 1210. The number of ether oxygens (including phenoxy) is 1. The van der Waals surface area contributed by atoms with E-state index in [0.29, 0.717) is 13.1 Å². The normalized spacial score (nSPS) is 17.7. The number of nitrogens with one attached hydrogen (secondary N) is 1. The van der Waals surface area contributed by atoms with Crippen LogP contribution in [0.15, 0.2) is 41.3 Å². The molecular weight excluding hydrogens is 460 g/mol. The van der Waals surface area contributed by atoms with Gasteiger partial charge in [0.1, 0.15) is 0 Å². The molecule has 2 aliphatic rings. The van der Waals surface area contributed by atoms with E-state index in [4.69, 9.17) is 4.74 Å². The third-order valence-corrected chi connectivity index (χ3v) is 8.45. The van der Waals surface area contributed by atoms with Gasteiger partial charge < -0.3 is 10.1 Å². The van der Waals surface area contributed by atoms with Gasteiger partial charge >= 0.3 is 5.69 Å². The Morgan fingerprint density at radius 3 is 2.47 bits per heavy atom. The molecule has 0 aromatic heterocycles. The summed E-state index contributed by atoms with van der Waals surface area (Å²) in [6.45, 7) is 2.91. The molecule has 2 aromatic carbocycles. The summed E-state index contributed by atoms with van der Waals surface area (Å²) in [4.78, 5) is 25.2. The fourth-order valence-electron chi connectivity index (χ4n) is 4.52. The molecule has 11 heteroatoms. The molecule has 1 N–H and O–H groups in total. The first-order valence-corrected chi connectivity index (χ1v) is 12.6. The molecule has 10 nitrogen and oxygen atoms in total. The maximum absolute atomic E-state index is 13.1. The van der Waals surface area contributed by atoms with Crippen molar-refractivity contribution in [1.82, 2.24) is 9.21 Å². The van der Waals surface area contributed by atoms with Gasteiger partial charge in [0, 0.05) is 37.9 Å². The van der Waals surface area contributed by atoms with E-state index in [1.54, 1.807) is 6.92 Å². The molecule has 1 fully saturated rings. The van der Waals surface area contributed by atoms with Gasteiger partial charge in [-0.3, -0.25) is 19.8 Å². The number of aryl methyl sites for hydroxylation is 2. The molecule has 0 radical (unpaired) electrons. The zero-order chi connectivity index (χ0) is 24.5. The lowest BCUT2D eigenvalue weighted by Gasteiger charge is -2.36. The summed E-state index contributed by atoms with van der Waals surface area (Å²) in [6, 6.07) is 9.20. The Morgan fingerprint density at radius 2 is 1.79 bits per heavy atom. The zero-order valence-electron chi connectivity index (χ0n) is 19.2. The van der Waals surface area contributed by atoms with Crippen LogP contribution in [0.25, 0.3) is 0 Å². The van der Waals surface area contributed by atoms with Crippen molar-refractivity contribution in [2.75, 3.05) is 38.6 Å². The van der Waals surface area contributed by atoms with Gasteiger partial charge in [-0.1, -0.05) is 6.07 Å². The quantitative estimate of drug-likeness (QED) is 0.469. The van der Waals surface area contributed by atoms with Gasteiger partial charge in [-0.15, -0.1) is 0 Å². The van der Waals surface area contributed by atoms with Gasteiger partial charge in [-0.2, -0.15) is 4.31 Å². The molecular formula is C23H28N4O6S. The van der Waals surface area contributed by atoms with E-state index in [1.807, 2.05) is 17.0 Å². The maximum atomic E-state index is 13.1. The molecule has 1 aliphatic carbocycles. The highest BCUT2D eigenvalue weighted by molar-refractivity contribution is 7.89. The van der Waals surface area contributed by atoms with E-state index in [9.17, 15) is 23.3 Å². The number of carbonyl (C=O) groups is 1. The van der Waals surface area contributed by atoms with E-state index in [1.165, 1.54) is 34.7 Å². The predicted molar refractivity (Wildman–Crippen MR) is 127 cm³/mol. The van der Waals surface area contributed by atoms with Crippen LogP contribution in [0.2, 0.25) is 0 Å². The number of sulfonamides is 1. The second-order valence-corrected chi connectivity index (χ2v) is 10.5. The van der Waals surface area contributed by atoms with Crippen LogP contribution in [-0.2, 0) is 27.7 Å². The number of anilines is 1. The van der Waals surface area contributed by atoms with Crippen molar-refractivity contribution in [3.8, 4) is 5.75 Å². The Kier molecular flexibility index (Phi) is 6.87. The standard InChI is InChI=1S/C23H28N4O6S/c1-16(23(28)24-19-7-6-17-4-3-5-18(17)14-19)25-10-12-26(13-11-25)34(31,32)20-8-9-22(33-2)21(15-20)27(29)30/h6-9,14-16H,3-5,10-13H2,1-2H3,(H,24,28). The van der Waals surface area contributed by atoms with Crippen molar-refractivity contribution in [1.29, 1.82) is 0 Å². The number of fused-ring (bicyclic) bond motifs is 1. The third kappa shape index (κ3) is 4.77. The number of carbonyl (C=O) groups excluding carboxylic acids is 1. The number of nitro groups is 1. The summed E-state index contributed by atoms with van der Waals surface area (Å²) < 4.78 is 32.4. The van der Waals surface area contributed by atoms with E-state index in [0.717, 1.165) is 31.0 Å². The maximum Gasteiger partial charge on any atom is 0.312 e. The van der Waals surface area contributed by atoms with E-state index >= 15 is 0 Å². The van der Waals surface area contributed by atoms with Crippen molar-refractivity contribution < 1.29 is 22.9 Å². The molecule has 182 valence electrons. The second kappa shape index (κ2) is 9.69. The SMILES string of the molecule is COc1ccc(S(=O)(=O)N2CCN(C(C)C(=O)Nc3ccc4c(c3)CCC4)CC2)cc1[N+](=O)[O-]. The lowest BCUT2D eigenvalue weighted by molar-refractivity contribution is -0.386. The van der Waals surface area contributed by atoms with Crippen LogP contribution in [0.5, 0.6) is 5.75 Å². The van der Waals surface area contributed by atoms with Crippen LogP contribution in [0, 0.1) is 10.1 Å². The Labute approximate surface area is 198 Å². The van der Waals surface area contributed by atoms with Gasteiger partial charge in [0.2, 0.25) is 15.9 Å². The van der Waals surface area contributed by atoms with Crippen LogP contribution in [0.3, 0.4) is 0 Å². The topological polar surface area (TPSA) is 122 Å². The molecule has 1 saturated heterocycles. The highest BCUT2D eigenvalue weighted by atomic mass is 32.2. The molecule has 1 unspecified atom stereocenters. The second-order valence-electron chi connectivity index (χ2n) is 8.53. The lowest BCUT2D eigenvalue weighted by Crippen LogP contribution is -2.53. The van der Waals surface area contributed by atoms with Crippen molar-refractivity contribution in [3.63, 3.8) is 0 Å². The molecule has 34 heavy (non-hydrogen) atoms. The van der Waals surface area contributed by atoms with Gasteiger partial charge in [0.05, 0.1) is 23.0 Å². The minimum absolute atomic E-state index is 0.00280. The smallest absolute Gasteiger partial charge is 0.312 e. The Morgan fingerprint density at radius 1 is 1.09 bits per heavy atom. The molecule has 0 bridgehead atoms. The monoisotopic (exact) mass is 488 g/mol. The molecule has 2 aromatic rings. The van der Waals surface area contributed by atoms with Crippen LogP contribution in [0.1, 0.15) is 24.5 Å². The molecule has 1 atom stereocenters. The third-order valence-electron chi connectivity index (χ3n) is 6.55. The number of hydrogen-bond acceptors (Lipinski definition) is 7. The molecule has 1 heterocycles. The van der Waals surface area contributed by atoms with Gasteiger partial charge in [-0.05, 0) is 61.6 Å². The first-order valence-electron chi connectivity index (χ1n) is 11.2. The van der Waals surface area contributed by atoms with E-state index in [2.05, 4.69) is 11.4 Å². The molecule has 4 rings (SSSR count). The Hall–Kier alpha value is -3.02. The van der Waals surface area contributed by atoms with Crippen molar-refractivity contribution in [2.45, 2.75) is 37.1 Å². The average molecular weight is 489 g/mol. The number of methoxy groups -OCH3 is 1. The van der Waals surface area contributed by atoms with E-state index < -0.39 is 26.7 Å². The summed E-state index contributed by atoms with van der Waals surface area (Å²) in [7, 11) is -2.63. The minimum atomic E-state index is -3.92. The highest BCUT2D eigenvalue weighted by Crippen LogP contribution is 2.31. The fraction of sp³-hybridized carbons (Fsp3) is 0.435. The van der Waals surface area contributed by atoms with E-state index in [-0.39, 0.29) is 29.6 Å². The number of nitrogens with zero attached hydrogens (tertiary/aromatic N) is 3. The van der Waals surface area contributed by atoms with Gasteiger partial charge in [-0.25, -0.2) is 8.42 Å². The Balaban J connectivity index is 1.39. The average Bonchev–Trinajstić information content (AvgIpc) is 3.31. The summed E-state index contributed by atoms with van der Waals surface area (Å²) in [5.74, 6) is -0.142. The number of nitro benzene ring substituents is 1. The predicted octanol–water partition coefficient (Wildman–Crippen LogP) is 2.43. The van der Waals surface area contributed by atoms with Crippen LogP contribution < -0.4 is 10.1 Å². The van der Waals surface area contributed by atoms with Crippen molar-refractivity contribution in [2.24, 2.45) is 0 Å².